The number of nitrogens with zero attached hydrogens (tertiary/aromatic N) is 2. The number of carbonyl (C=O) groups excluding carboxylic acids is 1. The molecule has 3 rings (SSSR count). The van der Waals surface area contributed by atoms with Crippen molar-refractivity contribution in [2.45, 2.75) is 115 Å². The Bertz CT molecular complexity index is 1040. The lowest BCUT2D eigenvalue weighted by Gasteiger charge is -2.20. The van der Waals surface area contributed by atoms with Gasteiger partial charge in [-0.15, -0.1) is 0 Å². The van der Waals surface area contributed by atoms with Crippen molar-refractivity contribution in [1.82, 2.24) is 4.90 Å². The van der Waals surface area contributed by atoms with E-state index in [9.17, 15) is 9.59 Å². The molecule has 1 N–H and O–H groups in total. The minimum atomic E-state index is -1.07. The molecule has 2 heterocycles. The van der Waals surface area contributed by atoms with Crippen LogP contribution in [-0.4, -0.2) is 39.3 Å². The van der Waals surface area contributed by atoms with E-state index in [0.717, 1.165) is 22.9 Å². The minimum Gasteiger partial charge on any atom is -0.480 e. The summed E-state index contributed by atoms with van der Waals surface area (Å²) in [5, 5.41) is 10.2. The number of anilines is 1. The molecule has 0 bridgehead atoms. The number of carboxylic acid groups (broad SMARTS) is 1. The van der Waals surface area contributed by atoms with Crippen LogP contribution in [0, 0.1) is 0 Å². The Kier molecular flexibility index (Phi) is 15.2. The van der Waals surface area contributed by atoms with Crippen molar-refractivity contribution >= 4 is 57.6 Å². The van der Waals surface area contributed by atoms with Crippen LogP contribution in [0.5, 0.6) is 0 Å². The molecule has 2 aliphatic heterocycles. The molecular weight excluding hydrogens is 558 g/mol. The number of carboxylic acids is 1. The fraction of sp³-hybridized carbons (Fsp3) is 0.594. The van der Waals surface area contributed by atoms with E-state index in [1.807, 2.05) is 6.08 Å². The minimum absolute atomic E-state index is 0.296. The Morgan fingerprint density at radius 2 is 1.35 bits per heavy atom. The summed E-state index contributed by atoms with van der Waals surface area (Å²) in [5.41, 5.74) is 1.21. The number of benzene rings is 1. The maximum atomic E-state index is 12.6. The van der Waals surface area contributed by atoms with Gasteiger partial charge in [0.15, 0.2) is 0 Å². The number of hydrogen-bond acceptors (Lipinski definition) is 6. The zero-order valence-electron chi connectivity index (χ0n) is 24.1. The summed E-state index contributed by atoms with van der Waals surface area (Å²) in [4.78, 5) is 28.9. The number of hydrogen-bond donors (Lipinski definition) is 1. The number of allylic oxidation sites excluding steroid dienone is 2. The van der Waals surface area contributed by atoms with Crippen molar-refractivity contribution in [3.05, 3.63) is 46.4 Å². The molecule has 1 amide bonds. The zero-order chi connectivity index (χ0) is 28.6. The van der Waals surface area contributed by atoms with Crippen molar-refractivity contribution in [2.24, 2.45) is 0 Å². The summed E-state index contributed by atoms with van der Waals surface area (Å²) in [6.07, 6.45) is 25.5. The highest BCUT2D eigenvalue weighted by Crippen LogP contribution is 2.46. The number of thioether (sulfide) groups is 2. The van der Waals surface area contributed by atoms with Crippen molar-refractivity contribution in [3.8, 4) is 0 Å². The molecule has 0 aliphatic carbocycles. The van der Waals surface area contributed by atoms with Crippen molar-refractivity contribution in [2.75, 3.05) is 18.0 Å². The lowest BCUT2D eigenvalue weighted by molar-refractivity contribution is -0.140. The maximum absolute atomic E-state index is 12.6. The molecule has 0 radical (unpaired) electrons. The lowest BCUT2D eigenvalue weighted by Crippen LogP contribution is -2.33. The van der Waals surface area contributed by atoms with Gasteiger partial charge in [-0.3, -0.25) is 14.5 Å². The second-order valence-electron chi connectivity index (χ2n) is 10.7. The van der Waals surface area contributed by atoms with Crippen LogP contribution in [0.2, 0.25) is 0 Å². The third-order valence-electron chi connectivity index (χ3n) is 7.42. The Morgan fingerprint density at radius 1 is 0.800 bits per heavy atom. The standard InChI is InChI=1S/C32H46N2O3S3/c1-2-3-4-5-6-7-8-9-10-11-12-13-14-15-16-19-24-33-26-20-17-18-21-27(26)39-29(33)23-22-28-31(37)34(25-30(35)36)32(38)40-28/h17-18,20-23H,2-16,19,24-25H2,1H3,(H,35,36)/b28-22-,29-23-/i23+1. The van der Waals surface area contributed by atoms with E-state index in [1.165, 1.54) is 119 Å². The van der Waals surface area contributed by atoms with Gasteiger partial charge in [0.25, 0.3) is 5.91 Å². The topological polar surface area (TPSA) is 60.9 Å². The first kappa shape index (κ1) is 32.7. The molecule has 1 aromatic carbocycles. The highest BCUT2D eigenvalue weighted by Gasteiger charge is 2.33. The highest BCUT2D eigenvalue weighted by atomic mass is 32.2. The normalized spacial score (nSPS) is 17.0. The Balaban J connectivity index is 1.35. The molecule has 2 aliphatic rings. The fourth-order valence-electron chi connectivity index (χ4n) is 5.16. The van der Waals surface area contributed by atoms with Crippen LogP contribution in [0.4, 0.5) is 5.69 Å². The van der Waals surface area contributed by atoms with E-state index < -0.39 is 12.5 Å². The summed E-state index contributed by atoms with van der Waals surface area (Å²) in [6.45, 7) is 2.83. The van der Waals surface area contributed by atoms with Crippen LogP contribution in [-0.2, 0) is 9.59 Å². The second kappa shape index (κ2) is 18.6. The van der Waals surface area contributed by atoms with Gasteiger partial charge >= 0.3 is 5.97 Å². The Morgan fingerprint density at radius 3 is 1.93 bits per heavy atom. The van der Waals surface area contributed by atoms with Crippen LogP contribution >= 0.6 is 35.7 Å². The number of carbonyl (C=O) groups is 2. The molecular formula is C32H46N2O3S3. The summed E-state index contributed by atoms with van der Waals surface area (Å²) in [6, 6.07) is 8.41. The van der Waals surface area contributed by atoms with Crippen LogP contribution in [0.3, 0.4) is 0 Å². The van der Waals surface area contributed by atoms with Gasteiger partial charge in [0, 0.05) is 11.4 Å². The van der Waals surface area contributed by atoms with Gasteiger partial charge in [0.2, 0.25) is 0 Å². The van der Waals surface area contributed by atoms with Gasteiger partial charge in [-0.2, -0.15) is 0 Å². The molecule has 5 nitrogen and oxygen atoms in total. The van der Waals surface area contributed by atoms with Gasteiger partial charge < -0.3 is 10.0 Å². The quantitative estimate of drug-likeness (QED) is 0.0689. The van der Waals surface area contributed by atoms with Crippen LogP contribution in [0.15, 0.2) is 51.2 Å². The third kappa shape index (κ3) is 10.9. The molecule has 1 aromatic rings. The summed E-state index contributed by atoms with van der Waals surface area (Å²) >= 11 is 8.10. The maximum Gasteiger partial charge on any atom is 0.323 e. The zero-order valence-corrected chi connectivity index (χ0v) is 26.5. The number of unbranched alkanes of at least 4 members (excludes halogenated alkanes) is 15. The van der Waals surface area contributed by atoms with Crippen molar-refractivity contribution in [1.29, 1.82) is 0 Å². The first-order chi connectivity index (χ1) is 19.5. The van der Waals surface area contributed by atoms with Crippen molar-refractivity contribution in [3.63, 3.8) is 0 Å². The number of amides is 1. The SMILES string of the molecule is CCCCCCCCCCCCCCCCCCN1/C(=[13CH]/C=C2\SC(=S)N(CC(=O)O)C2=O)Sc2ccccc21. The number of para-hydroxylation sites is 1. The molecule has 0 unspecified atom stereocenters. The molecule has 8 heteroatoms. The first-order valence-corrected chi connectivity index (χ1v) is 17.3. The number of fused-ring (bicyclic) bond motifs is 1. The van der Waals surface area contributed by atoms with E-state index in [2.05, 4.69) is 36.1 Å². The fourth-order valence-corrected chi connectivity index (χ4v) is 7.45. The largest absolute Gasteiger partial charge is 0.480 e. The van der Waals surface area contributed by atoms with E-state index in [1.54, 1.807) is 17.8 Å². The Labute approximate surface area is 255 Å². The molecule has 220 valence electrons. The number of thiocarbonyl (C=S) groups is 1. The smallest absolute Gasteiger partial charge is 0.323 e. The van der Waals surface area contributed by atoms with E-state index >= 15 is 0 Å². The van der Waals surface area contributed by atoms with Crippen molar-refractivity contribution < 1.29 is 14.7 Å². The molecule has 1 saturated heterocycles. The third-order valence-corrected chi connectivity index (χ3v) is 9.94. The summed E-state index contributed by atoms with van der Waals surface area (Å²) < 4.78 is 0.296. The van der Waals surface area contributed by atoms with E-state index in [-0.39, 0.29) is 5.91 Å². The van der Waals surface area contributed by atoms with E-state index in [4.69, 9.17) is 17.3 Å². The first-order valence-electron chi connectivity index (χ1n) is 15.2. The van der Waals surface area contributed by atoms with Crippen LogP contribution in [0.1, 0.15) is 110 Å². The average molecular weight is 604 g/mol. The molecule has 0 atom stereocenters. The predicted molar refractivity (Wildman–Crippen MR) is 175 cm³/mol. The monoisotopic (exact) mass is 603 g/mol. The van der Waals surface area contributed by atoms with Crippen LogP contribution < -0.4 is 4.90 Å². The Hall–Kier alpha value is -1.77. The van der Waals surface area contributed by atoms with Gasteiger partial charge in [0.1, 0.15) is 10.9 Å². The highest BCUT2D eigenvalue weighted by molar-refractivity contribution is 8.26. The second-order valence-corrected chi connectivity index (χ2v) is 13.5. The van der Waals surface area contributed by atoms with Gasteiger partial charge in [-0.25, -0.2) is 0 Å². The average Bonchev–Trinajstić information content (AvgIpc) is 3.42. The van der Waals surface area contributed by atoms with Crippen LogP contribution in [0.25, 0.3) is 0 Å². The molecule has 0 aromatic heterocycles. The molecule has 1 fully saturated rings. The number of aliphatic carboxylic acids is 1. The summed E-state index contributed by atoms with van der Waals surface area (Å²) in [7, 11) is 0. The molecule has 40 heavy (non-hydrogen) atoms. The van der Waals surface area contributed by atoms with Gasteiger partial charge in [-0.05, 0) is 30.7 Å². The number of rotatable bonds is 20. The lowest BCUT2D eigenvalue weighted by atomic mass is 10.0. The van der Waals surface area contributed by atoms with Gasteiger partial charge in [0.05, 0.1) is 15.6 Å². The van der Waals surface area contributed by atoms with E-state index in [0.29, 0.717) is 9.23 Å². The summed E-state index contributed by atoms with van der Waals surface area (Å²) in [5.74, 6) is -1.40. The van der Waals surface area contributed by atoms with Gasteiger partial charge in [-0.1, -0.05) is 151 Å². The molecule has 0 saturated carbocycles. The predicted octanol–water partition coefficient (Wildman–Crippen LogP) is 9.53. The molecule has 0 spiro atoms.